The third-order valence-corrected chi connectivity index (χ3v) is 5.19. The summed E-state index contributed by atoms with van der Waals surface area (Å²) in [4.78, 5) is 3.82. The molecule has 6 nitrogen and oxygen atoms in total. The highest BCUT2D eigenvalue weighted by molar-refractivity contribution is 6.30. The summed E-state index contributed by atoms with van der Waals surface area (Å²) in [6.45, 7) is -0.920. The maximum absolute atomic E-state index is 15.7. The number of alkyl halides is 2. The number of tetrazole rings is 1. The molecular formula is C21H14ClF4N5O. The van der Waals surface area contributed by atoms with Gasteiger partial charge in [0.25, 0.3) is 0 Å². The average molecular weight is 464 g/mol. The maximum Gasteiger partial charge on any atom is 0.323 e. The van der Waals surface area contributed by atoms with Gasteiger partial charge in [0.1, 0.15) is 23.7 Å². The van der Waals surface area contributed by atoms with Gasteiger partial charge < -0.3 is 5.11 Å². The van der Waals surface area contributed by atoms with Crippen LogP contribution in [0.1, 0.15) is 11.3 Å². The predicted molar refractivity (Wildman–Crippen MR) is 107 cm³/mol. The van der Waals surface area contributed by atoms with E-state index >= 15 is 8.78 Å². The molecule has 32 heavy (non-hydrogen) atoms. The number of pyridine rings is 1. The molecular weight excluding hydrogens is 450 g/mol. The van der Waals surface area contributed by atoms with Crippen molar-refractivity contribution in [2.75, 3.05) is 0 Å². The highest BCUT2D eigenvalue weighted by Crippen LogP contribution is 2.46. The normalized spacial score (nSPS) is 13.7. The van der Waals surface area contributed by atoms with E-state index in [0.717, 1.165) is 29.2 Å². The van der Waals surface area contributed by atoms with Crippen LogP contribution < -0.4 is 0 Å². The molecule has 2 aromatic carbocycles. The number of hydrogen-bond acceptors (Lipinski definition) is 5. The van der Waals surface area contributed by atoms with Crippen LogP contribution in [-0.4, -0.2) is 30.3 Å². The quantitative estimate of drug-likeness (QED) is 0.430. The maximum atomic E-state index is 15.7. The van der Waals surface area contributed by atoms with Gasteiger partial charge in [0, 0.05) is 28.4 Å². The van der Waals surface area contributed by atoms with Crippen LogP contribution in [-0.2, 0) is 18.1 Å². The Hall–Kier alpha value is -3.37. The second-order valence-corrected chi connectivity index (χ2v) is 7.44. The summed E-state index contributed by atoms with van der Waals surface area (Å²) in [6.07, 6.45) is 2.19. The SMILES string of the molecule is OC(Cn1cnnn1)(c1ccc(F)cc1F)C(F)(F)c1ccc(-c2ccc(Cl)cc2)cn1. The van der Waals surface area contributed by atoms with E-state index in [1.54, 1.807) is 24.3 Å². The van der Waals surface area contributed by atoms with Crippen LogP contribution in [0.5, 0.6) is 0 Å². The van der Waals surface area contributed by atoms with Gasteiger partial charge in [0.05, 0.1) is 6.54 Å². The molecule has 0 aliphatic carbocycles. The number of aliphatic hydroxyl groups is 1. The van der Waals surface area contributed by atoms with Crippen LogP contribution in [0.3, 0.4) is 0 Å². The van der Waals surface area contributed by atoms with Crippen molar-refractivity contribution in [2.45, 2.75) is 18.1 Å². The lowest BCUT2D eigenvalue weighted by molar-refractivity contribution is -0.207. The van der Waals surface area contributed by atoms with Gasteiger partial charge in [0.2, 0.25) is 0 Å². The van der Waals surface area contributed by atoms with Crippen molar-refractivity contribution < 1.29 is 22.7 Å². The van der Waals surface area contributed by atoms with E-state index in [4.69, 9.17) is 11.6 Å². The smallest absolute Gasteiger partial charge is 0.323 e. The van der Waals surface area contributed by atoms with Gasteiger partial charge >= 0.3 is 5.92 Å². The van der Waals surface area contributed by atoms with Crippen LogP contribution >= 0.6 is 11.6 Å². The first-order valence-corrected chi connectivity index (χ1v) is 9.57. The third-order valence-electron chi connectivity index (χ3n) is 4.94. The van der Waals surface area contributed by atoms with Crippen LogP contribution in [0.15, 0.2) is 67.1 Å². The van der Waals surface area contributed by atoms with E-state index in [1.165, 1.54) is 12.3 Å². The van der Waals surface area contributed by atoms with Crippen molar-refractivity contribution in [3.63, 3.8) is 0 Å². The summed E-state index contributed by atoms with van der Waals surface area (Å²) in [5, 5.41) is 21.8. The minimum atomic E-state index is -4.11. The third kappa shape index (κ3) is 3.94. The first kappa shape index (κ1) is 21.8. The molecule has 0 saturated heterocycles. The lowest BCUT2D eigenvalue weighted by atomic mass is 9.84. The zero-order chi connectivity index (χ0) is 22.9. The number of hydrogen-bond donors (Lipinski definition) is 1. The van der Waals surface area contributed by atoms with Crippen molar-refractivity contribution in [3.8, 4) is 11.1 Å². The molecule has 164 valence electrons. The molecule has 0 fully saturated rings. The van der Waals surface area contributed by atoms with Crippen LogP contribution in [0.25, 0.3) is 11.1 Å². The van der Waals surface area contributed by atoms with Crippen molar-refractivity contribution >= 4 is 11.6 Å². The Kier molecular flexibility index (Phi) is 5.66. The Labute approximate surface area is 184 Å². The van der Waals surface area contributed by atoms with E-state index in [0.29, 0.717) is 22.2 Å². The molecule has 1 atom stereocenters. The fourth-order valence-corrected chi connectivity index (χ4v) is 3.40. The zero-order valence-corrected chi connectivity index (χ0v) is 16.9. The van der Waals surface area contributed by atoms with Crippen molar-refractivity contribution in [3.05, 3.63) is 95.0 Å². The second kappa shape index (κ2) is 8.29. The van der Waals surface area contributed by atoms with Gasteiger partial charge in [0.15, 0.2) is 5.60 Å². The van der Waals surface area contributed by atoms with Gasteiger partial charge in [-0.15, -0.1) is 5.10 Å². The average Bonchev–Trinajstić information content (AvgIpc) is 3.27. The molecule has 11 heteroatoms. The minimum absolute atomic E-state index is 0.410. The van der Waals surface area contributed by atoms with Gasteiger partial charge in [-0.05, 0) is 46.3 Å². The fourth-order valence-electron chi connectivity index (χ4n) is 3.27. The summed E-state index contributed by atoms with van der Waals surface area (Å²) < 4.78 is 60.1. The van der Waals surface area contributed by atoms with Crippen molar-refractivity contribution in [2.24, 2.45) is 0 Å². The lowest BCUT2D eigenvalue weighted by Crippen LogP contribution is -2.48. The molecule has 0 spiro atoms. The summed E-state index contributed by atoms with van der Waals surface area (Å²) in [5.74, 6) is -6.45. The van der Waals surface area contributed by atoms with E-state index in [1.807, 2.05) is 0 Å². The summed E-state index contributed by atoms with van der Waals surface area (Å²) >= 11 is 5.86. The fraction of sp³-hybridized carbons (Fsp3) is 0.143. The molecule has 0 amide bonds. The lowest BCUT2D eigenvalue weighted by Gasteiger charge is -2.35. The monoisotopic (exact) mass is 463 g/mol. The Balaban J connectivity index is 1.78. The Morgan fingerprint density at radius 1 is 0.969 bits per heavy atom. The molecule has 0 saturated carbocycles. The number of rotatable bonds is 6. The van der Waals surface area contributed by atoms with Gasteiger partial charge in [-0.3, -0.25) is 4.98 Å². The molecule has 0 aliphatic rings. The number of nitrogens with zero attached hydrogens (tertiary/aromatic N) is 5. The Morgan fingerprint density at radius 3 is 2.28 bits per heavy atom. The van der Waals surface area contributed by atoms with Crippen molar-refractivity contribution in [1.82, 2.24) is 25.2 Å². The van der Waals surface area contributed by atoms with Gasteiger partial charge in [-0.1, -0.05) is 29.8 Å². The standard InChI is InChI=1S/C21H14ClF4N5O/c22-15-4-1-13(2-5-15)14-3-8-19(27-10-14)21(25,26)20(32,11-31-12-28-29-30-31)17-7-6-16(23)9-18(17)24/h1-10,12,32H,11H2. The molecule has 4 aromatic rings. The van der Waals surface area contributed by atoms with Crippen LogP contribution in [0.2, 0.25) is 5.02 Å². The first-order valence-electron chi connectivity index (χ1n) is 9.20. The van der Waals surface area contributed by atoms with Gasteiger partial charge in [-0.25, -0.2) is 13.5 Å². The number of halogens is 5. The molecule has 0 bridgehead atoms. The summed E-state index contributed by atoms with van der Waals surface area (Å²) in [5.41, 5.74) is -3.63. The van der Waals surface area contributed by atoms with Gasteiger partial charge in [-0.2, -0.15) is 8.78 Å². The molecule has 4 rings (SSSR count). The molecule has 1 unspecified atom stereocenters. The number of benzene rings is 2. The second-order valence-electron chi connectivity index (χ2n) is 7.01. The van der Waals surface area contributed by atoms with E-state index in [-0.39, 0.29) is 0 Å². The highest BCUT2D eigenvalue weighted by Gasteiger charge is 2.57. The summed E-state index contributed by atoms with van der Waals surface area (Å²) in [7, 11) is 0. The van der Waals surface area contributed by atoms with Crippen LogP contribution in [0.4, 0.5) is 17.6 Å². The van der Waals surface area contributed by atoms with Crippen molar-refractivity contribution in [1.29, 1.82) is 0 Å². The summed E-state index contributed by atoms with van der Waals surface area (Å²) in [6, 6.07) is 11.0. The molecule has 2 heterocycles. The van der Waals surface area contributed by atoms with Crippen LogP contribution in [0, 0.1) is 11.6 Å². The number of aromatic nitrogens is 5. The predicted octanol–water partition coefficient (Wildman–Crippen LogP) is 4.35. The van der Waals surface area contributed by atoms with E-state index < -0.39 is 41.0 Å². The molecule has 1 N–H and O–H groups in total. The molecule has 2 aromatic heterocycles. The Bertz CT molecular complexity index is 1220. The largest absolute Gasteiger partial charge is 0.377 e. The zero-order valence-electron chi connectivity index (χ0n) is 16.1. The van der Waals surface area contributed by atoms with E-state index in [2.05, 4.69) is 20.5 Å². The Morgan fingerprint density at radius 2 is 1.69 bits per heavy atom. The highest BCUT2D eigenvalue weighted by atomic mass is 35.5. The first-order chi connectivity index (χ1) is 15.2. The van der Waals surface area contributed by atoms with E-state index in [9.17, 15) is 13.9 Å². The molecule has 0 aliphatic heterocycles. The minimum Gasteiger partial charge on any atom is -0.377 e. The molecule has 0 radical (unpaired) electrons. The topological polar surface area (TPSA) is 76.7 Å².